The molecule has 0 fully saturated rings. The summed E-state index contributed by atoms with van der Waals surface area (Å²) in [5, 5.41) is 3.38. The fourth-order valence-electron chi connectivity index (χ4n) is 5.80. The van der Waals surface area contributed by atoms with E-state index in [-0.39, 0.29) is 5.97 Å². The first-order valence-electron chi connectivity index (χ1n) is 14.8. The van der Waals surface area contributed by atoms with Crippen molar-refractivity contribution in [2.75, 3.05) is 25.1 Å². The second kappa shape index (κ2) is 13.9. The van der Waals surface area contributed by atoms with Crippen LogP contribution in [0.1, 0.15) is 41.9 Å². The van der Waals surface area contributed by atoms with Crippen molar-refractivity contribution in [1.29, 1.82) is 0 Å². The number of aromatic nitrogens is 3. The van der Waals surface area contributed by atoms with Gasteiger partial charge in [0.1, 0.15) is 11.6 Å². The molecule has 0 saturated carbocycles. The molecular weight excluding hydrogens is 534 g/mol. The largest absolute Gasteiger partial charge is 0.468 e. The molecule has 0 bridgehead atoms. The summed E-state index contributed by atoms with van der Waals surface area (Å²) in [6.07, 6.45) is 6.09. The Balaban J connectivity index is 1.48. The van der Waals surface area contributed by atoms with Gasteiger partial charge in [0.15, 0.2) is 0 Å². The molecule has 7 heteroatoms. The van der Waals surface area contributed by atoms with Crippen LogP contribution in [0.2, 0.25) is 0 Å². The van der Waals surface area contributed by atoms with E-state index in [1.165, 1.54) is 7.11 Å². The summed E-state index contributed by atoms with van der Waals surface area (Å²) >= 11 is 0. The Hall–Kier alpha value is -4.75. The molecule has 1 atom stereocenters. The number of carbonyl (C=O) groups is 1. The minimum absolute atomic E-state index is 0.338. The van der Waals surface area contributed by atoms with E-state index in [0.717, 1.165) is 46.9 Å². The van der Waals surface area contributed by atoms with Crippen molar-refractivity contribution >= 4 is 11.7 Å². The highest BCUT2D eigenvalue weighted by molar-refractivity contribution is 5.76. The molecule has 1 N–H and O–H groups in total. The first kappa shape index (κ1) is 29.7. The molecule has 5 rings (SSSR count). The zero-order chi connectivity index (χ0) is 30.1. The predicted octanol–water partition coefficient (Wildman–Crippen LogP) is 5.84. The average molecular weight is 574 g/mol. The molecule has 0 aliphatic carbocycles. The Morgan fingerprint density at radius 3 is 1.91 bits per heavy atom. The van der Waals surface area contributed by atoms with E-state index in [0.29, 0.717) is 13.0 Å². The van der Waals surface area contributed by atoms with Crippen molar-refractivity contribution in [2.24, 2.45) is 0 Å². The number of nitrogens with zero attached hydrogens (tertiary/aromatic N) is 4. The van der Waals surface area contributed by atoms with Gasteiger partial charge in [-0.25, -0.2) is 4.98 Å². The van der Waals surface area contributed by atoms with Gasteiger partial charge in [-0.2, -0.15) is 0 Å². The van der Waals surface area contributed by atoms with Crippen LogP contribution in [-0.2, 0) is 28.0 Å². The zero-order valence-electron chi connectivity index (χ0n) is 25.1. The number of anilines is 1. The molecule has 7 nitrogen and oxygen atoms in total. The summed E-state index contributed by atoms with van der Waals surface area (Å²) < 4.78 is 7.35. The summed E-state index contributed by atoms with van der Waals surface area (Å²) in [6, 6.07) is 34.9. The molecule has 3 aromatic carbocycles. The molecule has 1 unspecified atom stereocenters. The molecule has 2 aromatic heterocycles. The standard InChI is InChI=1S/C36H39N5O2/c1-4-40(5-2)33-21-22-37-31(23-33)25-38-34(35(42)43-3)24-32-26-41(27-39-32)36(28-15-9-6-10-16-28,29-17-11-7-12-18-29)30-19-13-8-14-20-30/h6-23,26-27,34,38H,4-5,24-25H2,1-3H3. The highest BCUT2D eigenvalue weighted by Gasteiger charge is 2.38. The number of benzene rings is 3. The summed E-state index contributed by atoms with van der Waals surface area (Å²) in [5.74, 6) is -0.338. The SMILES string of the molecule is CCN(CC)c1ccnc(CNC(Cc2cn(C(c3ccccc3)(c3ccccc3)c3ccccc3)cn2)C(=O)OC)c1. The van der Waals surface area contributed by atoms with Crippen molar-refractivity contribution in [3.05, 3.63) is 150 Å². The highest BCUT2D eigenvalue weighted by Crippen LogP contribution is 2.40. The molecule has 5 aromatic rings. The van der Waals surface area contributed by atoms with E-state index in [2.05, 4.69) is 112 Å². The Bertz CT molecular complexity index is 1490. The Kier molecular flexibility index (Phi) is 9.64. The quantitative estimate of drug-likeness (QED) is 0.141. The zero-order valence-corrected chi connectivity index (χ0v) is 25.1. The minimum atomic E-state index is -0.669. The van der Waals surface area contributed by atoms with Crippen LogP contribution >= 0.6 is 0 Å². The van der Waals surface area contributed by atoms with Gasteiger partial charge in [-0.1, -0.05) is 91.0 Å². The lowest BCUT2D eigenvalue weighted by Gasteiger charge is -2.37. The lowest BCUT2D eigenvalue weighted by molar-refractivity contribution is -0.143. The number of carbonyl (C=O) groups excluding carboxylic acids is 1. The van der Waals surface area contributed by atoms with Gasteiger partial charge >= 0.3 is 5.97 Å². The van der Waals surface area contributed by atoms with Gasteiger partial charge in [0.05, 0.1) is 24.8 Å². The van der Waals surface area contributed by atoms with E-state index in [4.69, 9.17) is 9.72 Å². The van der Waals surface area contributed by atoms with Crippen LogP contribution in [0.3, 0.4) is 0 Å². The smallest absolute Gasteiger partial charge is 0.323 e. The van der Waals surface area contributed by atoms with E-state index < -0.39 is 11.6 Å². The van der Waals surface area contributed by atoms with Crippen molar-refractivity contribution in [1.82, 2.24) is 19.9 Å². The number of methoxy groups -OCH3 is 1. The number of pyridine rings is 1. The summed E-state index contributed by atoms with van der Waals surface area (Å²) in [4.78, 5) is 24.6. The molecule has 0 spiro atoms. The Labute approximate surface area is 254 Å². The number of esters is 1. The number of nitrogens with one attached hydrogen (secondary N) is 1. The van der Waals surface area contributed by atoms with Crippen molar-refractivity contribution in [3.8, 4) is 0 Å². The normalized spacial score (nSPS) is 12.1. The first-order valence-corrected chi connectivity index (χ1v) is 14.8. The van der Waals surface area contributed by atoms with Gasteiger partial charge < -0.3 is 14.2 Å². The van der Waals surface area contributed by atoms with Crippen LogP contribution in [0, 0.1) is 0 Å². The number of ether oxygens (including phenoxy) is 1. The molecule has 0 amide bonds. The monoisotopic (exact) mass is 573 g/mol. The fourth-order valence-corrected chi connectivity index (χ4v) is 5.80. The third-order valence-corrected chi connectivity index (χ3v) is 7.96. The third kappa shape index (κ3) is 6.37. The minimum Gasteiger partial charge on any atom is -0.468 e. The first-order chi connectivity index (χ1) is 21.1. The number of rotatable bonds is 13. The fraction of sp³-hybridized carbons (Fsp3) is 0.250. The topological polar surface area (TPSA) is 72.3 Å². The molecule has 0 saturated heterocycles. The second-order valence-electron chi connectivity index (χ2n) is 10.4. The number of hydrogen-bond acceptors (Lipinski definition) is 6. The Morgan fingerprint density at radius 2 is 1.40 bits per heavy atom. The van der Waals surface area contributed by atoms with Crippen molar-refractivity contribution < 1.29 is 9.53 Å². The highest BCUT2D eigenvalue weighted by atomic mass is 16.5. The maximum atomic E-state index is 12.9. The predicted molar refractivity (Wildman–Crippen MR) is 171 cm³/mol. The lowest BCUT2D eigenvalue weighted by Crippen LogP contribution is -2.39. The van der Waals surface area contributed by atoms with E-state index in [1.807, 2.05) is 43.0 Å². The molecule has 43 heavy (non-hydrogen) atoms. The van der Waals surface area contributed by atoms with Crippen molar-refractivity contribution in [2.45, 2.75) is 38.4 Å². The van der Waals surface area contributed by atoms with E-state index >= 15 is 0 Å². The maximum Gasteiger partial charge on any atom is 0.323 e. The van der Waals surface area contributed by atoms with Gasteiger partial charge in [0.25, 0.3) is 0 Å². The van der Waals surface area contributed by atoms with E-state index in [9.17, 15) is 4.79 Å². The van der Waals surface area contributed by atoms with Gasteiger partial charge in [-0.05, 0) is 42.7 Å². The van der Waals surface area contributed by atoms with Crippen LogP contribution in [0.25, 0.3) is 0 Å². The third-order valence-electron chi connectivity index (χ3n) is 7.96. The van der Waals surface area contributed by atoms with Gasteiger partial charge in [-0.15, -0.1) is 0 Å². The molecule has 220 valence electrons. The van der Waals surface area contributed by atoms with Crippen LogP contribution in [-0.4, -0.2) is 46.7 Å². The van der Waals surface area contributed by atoms with Gasteiger partial charge in [0.2, 0.25) is 0 Å². The molecule has 0 aliphatic heterocycles. The maximum absolute atomic E-state index is 12.9. The second-order valence-corrected chi connectivity index (χ2v) is 10.4. The lowest BCUT2D eigenvalue weighted by atomic mass is 9.77. The summed E-state index contributed by atoms with van der Waals surface area (Å²) in [6.45, 7) is 6.53. The average Bonchev–Trinajstić information content (AvgIpc) is 3.54. The molecular formula is C36H39N5O2. The van der Waals surface area contributed by atoms with Crippen LogP contribution in [0.5, 0.6) is 0 Å². The number of imidazole rings is 1. The van der Waals surface area contributed by atoms with Crippen molar-refractivity contribution in [3.63, 3.8) is 0 Å². The van der Waals surface area contributed by atoms with Gasteiger partial charge in [-0.3, -0.25) is 15.1 Å². The van der Waals surface area contributed by atoms with Gasteiger partial charge in [0, 0.05) is 44.1 Å². The van der Waals surface area contributed by atoms with E-state index in [1.54, 1.807) is 0 Å². The van der Waals surface area contributed by atoms with Crippen LogP contribution in [0.15, 0.2) is 122 Å². The van der Waals surface area contributed by atoms with Crippen LogP contribution in [0.4, 0.5) is 5.69 Å². The molecule has 2 heterocycles. The number of hydrogen-bond donors (Lipinski definition) is 1. The summed E-state index contributed by atoms with van der Waals surface area (Å²) in [5.41, 5.74) is 5.41. The molecule has 0 radical (unpaired) electrons. The molecule has 0 aliphatic rings. The Morgan fingerprint density at radius 1 is 0.837 bits per heavy atom. The van der Waals surface area contributed by atoms with Crippen LogP contribution < -0.4 is 10.2 Å². The summed E-state index contributed by atoms with van der Waals surface area (Å²) in [7, 11) is 1.42.